The summed E-state index contributed by atoms with van der Waals surface area (Å²) in [6, 6.07) is 8.63. The molecule has 2 heterocycles. The molecule has 0 aliphatic heterocycles. The van der Waals surface area contributed by atoms with Gasteiger partial charge in [-0.15, -0.1) is 0 Å². The Morgan fingerprint density at radius 3 is 2.67 bits per heavy atom. The van der Waals surface area contributed by atoms with Crippen molar-refractivity contribution in [3.8, 4) is 5.69 Å². The first-order valence-electron chi connectivity index (χ1n) is 6.30. The van der Waals surface area contributed by atoms with Crippen LogP contribution in [0.1, 0.15) is 5.69 Å². The summed E-state index contributed by atoms with van der Waals surface area (Å²) in [7, 11) is 0. The molecule has 2 N–H and O–H groups in total. The van der Waals surface area contributed by atoms with Crippen molar-refractivity contribution in [1.82, 2.24) is 14.7 Å². The zero-order chi connectivity index (χ0) is 14.7. The van der Waals surface area contributed by atoms with Gasteiger partial charge < -0.3 is 14.4 Å². The second-order valence-corrected chi connectivity index (χ2v) is 4.43. The lowest BCUT2D eigenvalue weighted by Gasteiger charge is -2.06. The van der Waals surface area contributed by atoms with Gasteiger partial charge in [0.1, 0.15) is 0 Å². The molecular formula is C14H13N5O2. The van der Waals surface area contributed by atoms with Crippen LogP contribution in [0.15, 0.2) is 53.6 Å². The normalized spacial score (nSPS) is 10.3. The molecule has 0 bridgehead atoms. The number of urea groups is 1. The zero-order valence-corrected chi connectivity index (χ0v) is 11.3. The van der Waals surface area contributed by atoms with Crippen molar-refractivity contribution in [3.05, 3.63) is 54.7 Å². The molecule has 21 heavy (non-hydrogen) atoms. The minimum atomic E-state index is -0.387. The second-order valence-electron chi connectivity index (χ2n) is 4.43. The molecule has 0 aliphatic carbocycles. The van der Waals surface area contributed by atoms with Crippen LogP contribution in [0, 0.1) is 6.92 Å². The minimum Gasteiger partial charge on any atom is -0.338 e. The van der Waals surface area contributed by atoms with Crippen LogP contribution in [0.2, 0.25) is 0 Å². The molecule has 0 aliphatic rings. The van der Waals surface area contributed by atoms with Gasteiger partial charge in [0.25, 0.3) is 0 Å². The summed E-state index contributed by atoms with van der Waals surface area (Å²) < 4.78 is 6.78. The van der Waals surface area contributed by atoms with E-state index >= 15 is 0 Å². The monoisotopic (exact) mass is 283 g/mol. The summed E-state index contributed by atoms with van der Waals surface area (Å²) in [6.45, 7) is 1.78. The molecule has 7 nitrogen and oxygen atoms in total. The van der Waals surface area contributed by atoms with E-state index in [0.717, 1.165) is 5.69 Å². The van der Waals surface area contributed by atoms with Gasteiger partial charge in [0.15, 0.2) is 0 Å². The van der Waals surface area contributed by atoms with Crippen LogP contribution in [-0.4, -0.2) is 20.7 Å². The van der Waals surface area contributed by atoms with Gasteiger partial charge >= 0.3 is 6.03 Å². The fraction of sp³-hybridized carbons (Fsp3) is 0.0714. The van der Waals surface area contributed by atoms with E-state index in [-0.39, 0.29) is 6.03 Å². The molecule has 1 aromatic carbocycles. The lowest BCUT2D eigenvalue weighted by molar-refractivity contribution is 0.261. The highest BCUT2D eigenvalue weighted by atomic mass is 16.5. The van der Waals surface area contributed by atoms with E-state index in [1.54, 1.807) is 37.6 Å². The first-order valence-corrected chi connectivity index (χ1v) is 6.30. The maximum atomic E-state index is 11.8. The quantitative estimate of drug-likeness (QED) is 0.774. The summed E-state index contributed by atoms with van der Waals surface area (Å²) in [4.78, 5) is 15.8. The van der Waals surface area contributed by atoms with E-state index in [4.69, 9.17) is 4.52 Å². The smallest absolute Gasteiger partial charge is 0.326 e. The van der Waals surface area contributed by atoms with Crippen LogP contribution in [0.5, 0.6) is 0 Å². The van der Waals surface area contributed by atoms with Crippen LogP contribution in [-0.2, 0) is 0 Å². The van der Waals surface area contributed by atoms with E-state index in [1.165, 1.54) is 0 Å². The maximum absolute atomic E-state index is 11.8. The number of benzene rings is 1. The standard InChI is InChI=1S/C14H13N5O2/c1-10-8-13(21-18-10)17-14(20)16-11-2-4-12(5-3-11)19-7-6-15-9-19/h2-9H,1H3,(H2,16,17,20). The van der Waals surface area contributed by atoms with E-state index in [1.807, 2.05) is 22.9 Å². The topological polar surface area (TPSA) is 85.0 Å². The number of carbonyl (C=O) groups excluding carboxylic acids is 1. The number of hydrogen-bond acceptors (Lipinski definition) is 4. The number of nitrogens with one attached hydrogen (secondary N) is 2. The van der Waals surface area contributed by atoms with E-state index in [2.05, 4.69) is 20.8 Å². The number of amides is 2. The molecule has 0 radical (unpaired) electrons. The summed E-state index contributed by atoms with van der Waals surface area (Å²) in [6.07, 6.45) is 5.27. The van der Waals surface area contributed by atoms with Crippen LogP contribution in [0.25, 0.3) is 5.69 Å². The van der Waals surface area contributed by atoms with Gasteiger partial charge in [-0.1, -0.05) is 5.16 Å². The second kappa shape index (κ2) is 5.49. The van der Waals surface area contributed by atoms with Gasteiger partial charge in [-0.25, -0.2) is 9.78 Å². The molecule has 0 fully saturated rings. The molecule has 3 rings (SSSR count). The molecule has 2 aromatic heterocycles. The zero-order valence-electron chi connectivity index (χ0n) is 11.3. The van der Waals surface area contributed by atoms with Gasteiger partial charge in [0, 0.05) is 29.8 Å². The highest BCUT2D eigenvalue weighted by Gasteiger charge is 2.06. The number of rotatable bonds is 3. The average molecular weight is 283 g/mol. The van der Waals surface area contributed by atoms with Crippen molar-refractivity contribution in [2.24, 2.45) is 0 Å². The Morgan fingerprint density at radius 2 is 2.05 bits per heavy atom. The Balaban J connectivity index is 1.63. The highest BCUT2D eigenvalue weighted by molar-refractivity contribution is 5.98. The fourth-order valence-electron chi connectivity index (χ4n) is 1.83. The number of imidazole rings is 1. The molecule has 2 amide bonds. The van der Waals surface area contributed by atoms with Crippen LogP contribution in [0.3, 0.4) is 0 Å². The predicted octanol–water partition coefficient (Wildman–Crippen LogP) is 2.81. The van der Waals surface area contributed by atoms with Gasteiger partial charge in [-0.05, 0) is 31.2 Å². The first-order chi connectivity index (χ1) is 10.2. The van der Waals surface area contributed by atoms with E-state index in [0.29, 0.717) is 17.3 Å². The largest absolute Gasteiger partial charge is 0.338 e. The summed E-state index contributed by atoms with van der Waals surface area (Å²) >= 11 is 0. The molecule has 0 unspecified atom stereocenters. The summed E-state index contributed by atoms with van der Waals surface area (Å²) in [5.74, 6) is 0.306. The third kappa shape index (κ3) is 3.08. The van der Waals surface area contributed by atoms with Gasteiger partial charge in [0.2, 0.25) is 5.88 Å². The molecule has 106 valence electrons. The lowest BCUT2D eigenvalue weighted by atomic mass is 10.3. The van der Waals surface area contributed by atoms with Crippen molar-refractivity contribution < 1.29 is 9.32 Å². The number of aromatic nitrogens is 3. The Hall–Kier alpha value is -3.09. The number of hydrogen-bond donors (Lipinski definition) is 2. The van der Waals surface area contributed by atoms with Crippen molar-refractivity contribution in [1.29, 1.82) is 0 Å². The SMILES string of the molecule is Cc1cc(NC(=O)Nc2ccc(-n3ccnc3)cc2)on1. The van der Waals surface area contributed by atoms with Crippen molar-refractivity contribution in [2.75, 3.05) is 10.6 Å². The Bertz CT molecular complexity index is 731. The lowest BCUT2D eigenvalue weighted by Crippen LogP contribution is -2.19. The fourth-order valence-corrected chi connectivity index (χ4v) is 1.83. The van der Waals surface area contributed by atoms with Crippen LogP contribution < -0.4 is 10.6 Å². The predicted molar refractivity (Wildman–Crippen MR) is 77.4 cm³/mol. The number of carbonyl (C=O) groups is 1. The number of anilines is 2. The highest BCUT2D eigenvalue weighted by Crippen LogP contribution is 2.14. The first kappa shape index (κ1) is 12.9. The molecule has 3 aromatic rings. The van der Waals surface area contributed by atoms with E-state index < -0.39 is 0 Å². The van der Waals surface area contributed by atoms with Crippen molar-refractivity contribution in [2.45, 2.75) is 6.92 Å². The third-order valence-electron chi connectivity index (χ3n) is 2.79. The third-order valence-corrected chi connectivity index (χ3v) is 2.79. The average Bonchev–Trinajstić information content (AvgIpc) is 3.11. The molecular weight excluding hydrogens is 270 g/mol. The molecule has 7 heteroatoms. The van der Waals surface area contributed by atoms with Gasteiger partial charge in [-0.3, -0.25) is 5.32 Å². The molecule has 0 spiro atoms. The molecule has 0 saturated carbocycles. The Kier molecular flexibility index (Phi) is 3.38. The summed E-state index contributed by atoms with van der Waals surface area (Å²) in [5, 5.41) is 8.96. The van der Waals surface area contributed by atoms with Gasteiger partial charge in [-0.2, -0.15) is 0 Å². The van der Waals surface area contributed by atoms with Crippen LogP contribution in [0.4, 0.5) is 16.4 Å². The van der Waals surface area contributed by atoms with E-state index in [9.17, 15) is 4.79 Å². The minimum absolute atomic E-state index is 0.306. The Labute approximate surface area is 120 Å². The molecule has 0 saturated heterocycles. The summed E-state index contributed by atoms with van der Waals surface area (Å²) in [5.41, 5.74) is 2.34. The maximum Gasteiger partial charge on any atom is 0.326 e. The Morgan fingerprint density at radius 1 is 1.24 bits per heavy atom. The van der Waals surface area contributed by atoms with Crippen molar-refractivity contribution in [3.63, 3.8) is 0 Å². The van der Waals surface area contributed by atoms with Crippen molar-refractivity contribution >= 4 is 17.6 Å². The number of aryl methyl sites for hydroxylation is 1. The molecule has 0 atom stereocenters. The number of nitrogens with zero attached hydrogens (tertiary/aromatic N) is 3. The van der Waals surface area contributed by atoms with Gasteiger partial charge in [0.05, 0.1) is 12.0 Å². The van der Waals surface area contributed by atoms with Crippen LogP contribution >= 0.6 is 0 Å².